The first-order valence-corrected chi connectivity index (χ1v) is 6.57. The highest BCUT2D eigenvalue weighted by Gasteiger charge is 2.28. The molecule has 1 heterocycles. The average Bonchev–Trinajstić information content (AvgIpc) is 2.41. The largest absolute Gasteiger partial charge is 0.493 e. The number of halogens is 2. The zero-order valence-electron chi connectivity index (χ0n) is 12.2. The molecule has 1 aliphatic rings. The van der Waals surface area contributed by atoms with Gasteiger partial charge in [0.05, 0.1) is 26.4 Å². The van der Waals surface area contributed by atoms with Crippen molar-refractivity contribution in [2.24, 2.45) is 0 Å². The van der Waals surface area contributed by atoms with Gasteiger partial charge in [0.2, 0.25) is 0 Å². The van der Waals surface area contributed by atoms with Gasteiger partial charge in [0.1, 0.15) is 0 Å². The Morgan fingerprint density at radius 3 is 2.48 bits per heavy atom. The number of anilines is 1. The van der Waals surface area contributed by atoms with E-state index in [-0.39, 0.29) is 17.5 Å². The summed E-state index contributed by atoms with van der Waals surface area (Å²) >= 11 is 0. The third-order valence-electron chi connectivity index (χ3n) is 3.01. The zero-order valence-corrected chi connectivity index (χ0v) is 12.2. The molecule has 1 saturated heterocycles. The number of alkyl halides is 2. The summed E-state index contributed by atoms with van der Waals surface area (Å²) < 4.78 is 45.2. The van der Waals surface area contributed by atoms with Crippen LogP contribution in [0.1, 0.15) is 13.8 Å². The van der Waals surface area contributed by atoms with Crippen molar-refractivity contribution in [2.75, 3.05) is 25.6 Å². The van der Waals surface area contributed by atoms with Gasteiger partial charge in [-0.1, -0.05) is 0 Å². The molecular weight excluding hydrogens is 284 g/mol. The fourth-order valence-corrected chi connectivity index (χ4v) is 1.97. The van der Waals surface area contributed by atoms with E-state index in [1.54, 1.807) is 12.1 Å². The Hall–Kier alpha value is -1.60. The third-order valence-corrected chi connectivity index (χ3v) is 3.01. The van der Waals surface area contributed by atoms with Gasteiger partial charge in [0.25, 0.3) is 0 Å². The van der Waals surface area contributed by atoms with Crippen LogP contribution in [0.4, 0.5) is 14.5 Å². The number of rotatable bonds is 5. The SMILES string of the molecule is COc1ccc(NC2COC(C)(C)OC2)cc1OC(F)F. The van der Waals surface area contributed by atoms with Crippen LogP contribution in [-0.2, 0) is 9.47 Å². The van der Waals surface area contributed by atoms with Crippen molar-refractivity contribution >= 4 is 5.69 Å². The Morgan fingerprint density at radius 1 is 1.24 bits per heavy atom. The van der Waals surface area contributed by atoms with E-state index < -0.39 is 12.4 Å². The van der Waals surface area contributed by atoms with Gasteiger partial charge in [0.15, 0.2) is 17.3 Å². The van der Waals surface area contributed by atoms with Crippen LogP contribution >= 0.6 is 0 Å². The van der Waals surface area contributed by atoms with Crippen LogP contribution in [0.15, 0.2) is 18.2 Å². The molecule has 21 heavy (non-hydrogen) atoms. The fourth-order valence-electron chi connectivity index (χ4n) is 1.97. The molecule has 0 bridgehead atoms. The van der Waals surface area contributed by atoms with Gasteiger partial charge >= 0.3 is 6.61 Å². The molecule has 0 unspecified atom stereocenters. The summed E-state index contributed by atoms with van der Waals surface area (Å²) in [6.07, 6.45) is 0. The molecule has 0 radical (unpaired) electrons. The minimum Gasteiger partial charge on any atom is -0.493 e. The summed E-state index contributed by atoms with van der Waals surface area (Å²) in [4.78, 5) is 0. The van der Waals surface area contributed by atoms with E-state index in [9.17, 15) is 8.78 Å². The van der Waals surface area contributed by atoms with E-state index in [0.29, 0.717) is 18.9 Å². The molecule has 0 spiro atoms. The molecule has 1 fully saturated rings. The molecule has 1 aromatic carbocycles. The van der Waals surface area contributed by atoms with Crippen molar-refractivity contribution in [3.63, 3.8) is 0 Å². The van der Waals surface area contributed by atoms with Crippen molar-refractivity contribution in [3.8, 4) is 11.5 Å². The number of methoxy groups -OCH3 is 1. The average molecular weight is 303 g/mol. The number of hydrogen-bond donors (Lipinski definition) is 1. The standard InChI is InChI=1S/C14H19F2NO4/c1-14(2)19-7-10(8-20-14)17-9-4-5-11(18-3)12(6-9)21-13(15)16/h4-6,10,13,17H,7-8H2,1-3H3. The first-order chi connectivity index (χ1) is 9.89. The Labute approximate surface area is 122 Å². The van der Waals surface area contributed by atoms with Crippen LogP contribution < -0.4 is 14.8 Å². The van der Waals surface area contributed by atoms with Crippen LogP contribution in [-0.4, -0.2) is 38.8 Å². The van der Waals surface area contributed by atoms with Gasteiger partial charge < -0.3 is 24.3 Å². The van der Waals surface area contributed by atoms with Crippen LogP contribution in [0, 0.1) is 0 Å². The maximum Gasteiger partial charge on any atom is 0.387 e. The summed E-state index contributed by atoms with van der Waals surface area (Å²) in [6.45, 7) is 1.70. The number of nitrogens with one attached hydrogen (secondary N) is 1. The van der Waals surface area contributed by atoms with E-state index in [1.807, 2.05) is 13.8 Å². The first kappa shape index (κ1) is 15.8. The molecule has 1 aromatic rings. The van der Waals surface area contributed by atoms with Gasteiger partial charge in [-0.3, -0.25) is 0 Å². The van der Waals surface area contributed by atoms with E-state index >= 15 is 0 Å². The Kier molecular flexibility index (Phi) is 4.84. The predicted molar refractivity (Wildman–Crippen MR) is 73.0 cm³/mol. The molecule has 0 aliphatic carbocycles. The smallest absolute Gasteiger partial charge is 0.387 e. The Balaban J connectivity index is 2.03. The highest BCUT2D eigenvalue weighted by Crippen LogP contribution is 2.32. The fraction of sp³-hybridized carbons (Fsp3) is 0.571. The molecule has 7 heteroatoms. The normalized spacial score (nSPS) is 18.6. The summed E-state index contributed by atoms with van der Waals surface area (Å²) in [7, 11) is 1.39. The van der Waals surface area contributed by atoms with Gasteiger partial charge in [-0.15, -0.1) is 0 Å². The van der Waals surface area contributed by atoms with E-state index in [2.05, 4.69) is 10.1 Å². The lowest BCUT2D eigenvalue weighted by Crippen LogP contribution is -2.45. The minimum atomic E-state index is -2.91. The second-order valence-electron chi connectivity index (χ2n) is 5.11. The number of hydrogen-bond acceptors (Lipinski definition) is 5. The van der Waals surface area contributed by atoms with Crippen molar-refractivity contribution < 1.29 is 27.7 Å². The maximum absolute atomic E-state index is 12.4. The molecular formula is C14H19F2NO4. The highest BCUT2D eigenvalue weighted by atomic mass is 19.3. The number of benzene rings is 1. The lowest BCUT2D eigenvalue weighted by atomic mass is 10.2. The van der Waals surface area contributed by atoms with Crippen molar-refractivity contribution in [1.82, 2.24) is 0 Å². The van der Waals surface area contributed by atoms with Crippen LogP contribution in [0.2, 0.25) is 0 Å². The number of ether oxygens (including phenoxy) is 4. The second kappa shape index (κ2) is 6.44. The van der Waals surface area contributed by atoms with Crippen LogP contribution in [0.5, 0.6) is 11.5 Å². The topological polar surface area (TPSA) is 49.0 Å². The summed E-state index contributed by atoms with van der Waals surface area (Å²) in [6, 6.07) is 4.68. The van der Waals surface area contributed by atoms with Gasteiger partial charge in [-0.25, -0.2) is 0 Å². The Bertz CT molecular complexity index is 472. The van der Waals surface area contributed by atoms with Crippen LogP contribution in [0.3, 0.4) is 0 Å². The van der Waals surface area contributed by atoms with Crippen molar-refractivity contribution in [3.05, 3.63) is 18.2 Å². The van der Waals surface area contributed by atoms with E-state index in [4.69, 9.17) is 14.2 Å². The second-order valence-corrected chi connectivity index (χ2v) is 5.11. The van der Waals surface area contributed by atoms with Crippen molar-refractivity contribution in [1.29, 1.82) is 0 Å². The van der Waals surface area contributed by atoms with Gasteiger partial charge in [-0.05, 0) is 26.0 Å². The first-order valence-electron chi connectivity index (χ1n) is 6.57. The molecule has 0 amide bonds. The monoisotopic (exact) mass is 303 g/mol. The van der Waals surface area contributed by atoms with Crippen molar-refractivity contribution in [2.45, 2.75) is 32.3 Å². The molecule has 5 nitrogen and oxygen atoms in total. The molecule has 1 N–H and O–H groups in total. The third kappa shape index (κ3) is 4.44. The lowest BCUT2D eigenvalue weighted by molar-refractivity contribution is -0.247. The summed E-state index contributed by atoms with van der Waals surface area (Å²) in [5.41, 5.74) is 0.628. The molecule has 2 rings (SSSR count). The minimum absolute atomic E-state index is 0.0181. The molecule has 1 aliphatic heterocycles. The zero-order chi connectivity index (χ0) is 15.5. The molecule has 0 saturated carbocycles. The van der Waals surface area contributed by atoms with Gasteiger partial charge in [-0.2, -0.15) is 8.78 Å². The van der Waals surface area contributed by atoms with Crippen LogP contribution in [0.25, 0.3) is 0 Å². The molecule has 0 atom stereocenters. The predicted octanol–water partition coefficient (Wildman–Crippen LogP) is 2.86. The lowest BCUT2D eigenvalue weighted by Gasteiger charge is -2.35. The van der Waals surface area contributed by atoms with E-state index in [1.165, 1.54) is 13.2 Å². The quantitative estimate of drug-likeness (QED) is 0.906. The summed E-state index contributed by atoms with van der Waals surface area (Å²) in [5, 5.41) is 3.15. The summed E-state index contributed by atoms with van der Waals surface area (Å²) in [5.74, 6) is -0.365. The Morgan fingerprint density at radius 2 is 1.90 bits per heavy atom. The molecule has 0 aromatic heterocycles. The molecule has 118 valence electrons. The highest BCUT2D eigenvalue weighted by molar-refractivity contribution is 5.55. The van der Waals surface area contributed by atoms with E-state index in [0.717, 1.165) is 0 Å². The van der Waals surface area contributed by atoms with Gasteiger partial charge in [0, 0.05) is 11.8 Å². The maximum atomic E-state index is 12.4.